The van der Waals surface area contributed by atoms with Gasteiger partial charge in [-0.3, -0.25) is 14.9 Å². The predicted octanol–water partition coefficient (Wildman–Crippen LogP) is 2.81. The SMILES string of the molecule is CCn1c(NC(=O)[C@H]2CN(C(C)=O)c3ccccc3O2)nc2ccccc21. The molecule has 0 aliphatic carbocycles. The Kier molecular flexibility index (Phi) is 4.27. The van der Waals surface area contributed by atoms with E-state index in [0.717, 1.165) is 11.0 Å². The Morgan fingerprint density at radius 2 is 1.93 bits per heavy atom. The van der Waals surface area contributed by atoms with Gasteiger partial charge in [0.15, 0.2) is 6.10 Å². The number of nitrogens with zero attached hydrogens (tertiary/aromatic N) is 3. The lowest BCUT2D eigenvalue weighted by Crippen LogP contribution is -2.48. The smallest absolute Gasteiger partial charge is 0.269 e. The van der Waals surface area contributed by atoms with Crippen LogP contribution >= 0.6 is 0 Å². The summed E-state index contributed by atoms with van der Waals surface area (Å²) < 4.78 is 7.79. The number of rotatable bonds is 3. The van der Waals surface area contributed by atoms with Crippen LogP contribution in [-0.4, -0.2) is 34.0 Å². The third kappa shape index (κ3) is 3.01. The van der Waals surface area contributed by atoms with Crippen LogP contribution in [0.3, 0.4) is 0 Å². The van der Waals surface area contributed by atoms with Crippen LogP contribution in [0.1, 0.15) is 13.8 Å². The van der Waals surface area contributed by atoms with Gasteiger partial charge in [0.1, 0.15) is 5.75 Å². The van der Waals surface area contributed by atoms with Gasteiger partial charge in [0.05, 0.1) is 23.3 Å². The maximum absolute atomic E-state index is 12.9. The van der Waals surface area contributed by atoms with Crippen molar-refractivity contribution in [2.75, 3.05) is 16.8 Å². The number of imidazole rings is 1. The summed E-state index contributed by atoms with van der Waals surface area (Å²) in [5.74, 6) is 0.522. The first kappa shape index (κ1) is 17.1. The van der Waals surface area contributed by atoms with Crippen LogP contribution in [0.15, 0.2) is 48.5 Å². The third-order valence-electron chi connectivity index (χ3n) is 4.65. The minimum atomic E-state index is -0.811. The normalized spacial score (nSPS) is 15.9. The molecule has 0 spiro atoms. The molecule has 2 aromatic carbocycles. The van der Waals surface area contributed by atoms with E-state index >= 15 is 0 Å². The third-order valence-corrected chi connectivity index (χ3v) is 4.65. The van der Waals surface area contributed by atoms with Crippen LogP contribution in [0.5, 0.6) is 5.75 Å². The number of carbonyl (C=O) groups is 2. The van der Waals surface area contributed by atoms with E-state index in [2.05, 4.69) is 10.3 Å². The minimum Gasteiger partial charge on any atom is -0.476 e. The second kappa shape index (κ2) is 6.75. The predicted molar refractivity (Wildman–Crippen MR) is 103 cm³/mol. The molecule has 0 fully saturated rings. The van der Waals surface area contributed by atoms with Crippen molar-refractivity contribution in [3.05, 3.63) is 48.5 Å². The number of para-hydroxylation sites is 4. The van der Waals surface area contributed by atoms with Gasteiger partial charge in [-0.1, -0.05) is 24.3 Å². The van der Waals surface area contributed by atoms with Crippen molar-refractivity contribution in [2.45, 2.75) is 26.5 Å². The zero-order valence-electron chi connectivity index (χ0n) is 15.2. The fourth-order valence-corrected chi connectivity index (χ4v) is 3.35. The number of carbonyl (C=O) groups excluding carboxylic acids is 2. The molecule has 0 bridgehead atoms. The van der Waals surface area contributed by atoms with E-state index in [0.29, 0.717) is 23.9 Å². The van der Waals surface area contributed by atoms with Crippen LogP contribution in [0.4, 0.5) is 11.6 Å². The summed E-state index contributed by atoms with van der Waals surface area (Å²) in [5, 5.41) is 2.86. The number of amides is 2. The highest BCUT2D eigenvalue weighted by Gasteiger charge is 2.33. The lowest BCUT2D eigenvalue weighted by Gasteiger charge is -2.33. The summed E-state index contributed by atoms with van der Waals surface area (Å²) in [6.45, 7) is 4.30. The van der Waals surface area contributed by atoms with Gasteiger partial charge in [0.25, 0.3) is 5.91 Å². The van der Waals surface area contributed by atoms with Crippen molar-refractivity contribution in [2.24, 2.45) is 0 Å². The molecule has 1 aromatic heterocycles. The first-order valence-electron chi connectivity index (χ1n) is 8.88. The molecule has 3 aromatic rings. The van der Waals surface area contributed by atoms with E-state index in [1.165, 1.54) is 6.92 Å². The molecule has 27 heavy (non-hydrogen) atoms. The zero-order chi connectivity index (χ0) is 19.0. The zero-order valence-corrected chi connectivity index (χ0v) is 15.2. The van der Waals surface area contributed by atoms with Gasteiger partial charge in [-0.15, -0.1) is 0 Å². The average molecular weight is 364 g/mol. The molecule has 2 heterocycles. The number of anilines is 2. The van der Waals surface area contributed by atoms with Crippen LogP contribution in [0.25, 0.3) is 11.0 Å². The Hall–Kier alpha value is -3.35. The molecule has 138 valence electrons. The molecule has 0 saturated carbocycles. The standard InChI is InChI=1S/C20H20N4O3/c1-3-23-15-9-5-4-8-14(15)21-20(23)22-19(26)18-12-24(13(2)25)16-10-6-7-11-17(16)27-18/h4-11,18H,3,12H2,1-2H3,(H,21,22,26)/t18-/m1/s1. The fourth-order valence-electron chi connectivity index (χ4n) is 3.35. The molecule has 7 heteroatoms. The van der Waals surface area contributed by atoms with Gasteiger partial charge in [-0.25, -0.2) is 4.98 Å². The Bertz CT molecular complexity index is 1030. The number of aromatic nitrogens is 2. The molecule has 2 amide bonds. The molecule has 1 aliphatic heterocycles. The Morgan fingerprint density at radius 1 is 1.19 bits per heavy atom. The number of aryl methyl sites for hydroxylation is 1. The highest BCUT2D eigenvalue weighted by atomic mass is 16.5. The van der Waals surface area contributed by atoms with Crippen molar-refractivity contribution in [3.63, 3.8) is 0 Å². The summed E-state index contributed by atoms with van der Waals surface area (Å²) in [6.07, 6.45) is -0.811. The van der Waals surface area contributed by atoms with Crippen LogP contribution in [0.2, 0.25) is 0 Å². The number of fused-ring (bicyclic) bond motifs is 2. The second-order valence-corrected chi connectivity index (χ2v) is 6.36. The molecule has 1 atom stereocenters. The van der Waals surface area contributed by atoms with Crippen molar-refractivity contribution in [1.29, 1.82) is 0 Å². The van der Waals surface area contributed by atoms with E-state index in [4.69, 9.17) is 4.74 Å². The van der Waals surface area contributed by atoms with E-state index in [1.54, 1.807) is 17.0 Å². The number of hydrogen-bond donors (Lipinski definition) is 1. The Morgan fingerprint density at radius 3 is 2.70 bits per heavy atom. The minimum absolute atomic E-state index is 0.135. The maximum Gasteiger partial charge on any atom is 0.269 e. The molecule has 4 rings (SSSR count). The van der Waals surface area contributed by atoms with Crippen LogP contribution in [-0.2, 0) is 16.1 Å². The molecular weight excluding hydrogens is 344 g/mol. The van der Waals surface area contributed by atoms with Crippen molar-refractivity contribution >= 4 is 34.5 Å². The number of nitrogens with one attached hydrogen (secondary N) is 1. The lowest BCUT2D eigenvalue weighted by atomic mass is 10.1. The van der Waals surface area contributed by atoms with E-state index in [-0.39, 0.29) is 18.4 Å². The van der Waals surface area contributed by atoms with Crippen molar-refractivity contribution in [3.8, 4) is 5.75 Å². The molecular formula is C20H20N4O3. The summed E-state index contributed by atoms with van der Waals surface area (Å²) in [5.41, 5.74) is 2.44. The number of benzene rings is 2. The van der Waals surface area contributed by atoms with Gasteiger partial charge in [0.2, 0.25) is 11.9 Å². The quantitative estimate of drug-likeness (QED) is 0.775. The first-order valence-corrected chi connectivity index (χ1v) is 8.88. The maximum atomic E-state index is 12.9. The monoisotopic (exact) mass is 364 g/mol. The second-order valence-electron chi connectivity index (χ2n) is 6.36. The van der Waals surface area contributed by atoms with Gasteiger partial charge < -0.3 is 14.2 Å². The largest absolute Gasteiger partial charge is 0.476 e. The number of ether oxygens (including phenoxy) is 1. The topological polar surface area (TPSA) is 76.5 Å². The Balaban J connectivity index is 1.62. The highest BCUT2D eigenvalue weighted by molar-refractivity contribution is 5.99. The van der Waals surface area contributed by atoms with Crippen LogP contribution in [0, 0.1) is 0 Å². The lowest BCUT2D eigenvalue weighted by molar-refractivity contribution is -0.123. The number of hydrogen-bond acceptors (Lipinski definition) is 4. The first-order chi connectivity index (χ1) is 13.1. The van der Waals surface area contributed by atoms with Crippen LogP contribution < -0.4 is 15.0 Å². The highest BCUT2D eigenvalue weighted by Crippen LogP contribution is 2.33. The fraction of sp³-hybridized carbons (Fsp3) is 0.250. The summed E-state index contributed by atoms with van der Waals surface area (Å²) in [7, 11) is 0. The molecule has 0 saturated heterocycles. The van der Waals surface area contributed by atoms with Gasteiger partial charge in [-0.2, -0.15) is 0 Å². The molecule has 0 radical (unpaired) electrons. The average Bonchev–Trinajstić information content (AvgIpc) is 3.03. The Labute approximate surface area is 156 Å². The molecule has 0 unspecified atom stereocenters. The van der Waals surface area contributed by atoms with Crippen molar-refractivity contribution < 1.29 is 14.3 Å². The summed E-state index contributed by atoms with van der Waals surface area (Å²) in [6, 6.07) is 14.9. The van der Waals surface area contributed by atoms with Gasteiger partial charge in [-0.05, 0) is 31.2 Å². The molecule has 1 aliphatic rings. The summed E-state index contributed by atoms with van der Waals surface area (Å²) in [4.78, 5) is 31.0. The van der Waals surface area contributed by atoms with Gasteiger partial charge in [0, 0.05) is 13.5 Å². The van der Waals surface area contributed by atoms with Gasteiger partial charge >= 0.3 is 0 Å². The van der Waals surface area contributed by atoms with E-state index in [1.807, 2.05) is 47.9 Å². The molecule has 1 N–H and O–H groups in total. The summed E-state index contributed by atoms with van der Waals surface area (Å²) >= 11 is 0. The molecule has 7 nitrogen and oxygen atoms in total. The van der Waals surface area contributed by atoms with E-state index < -0.39 is 6.10 Å². The van der Waals surface area contributed by atoms with E-state index in [9.17, 15) is 9.59 Å². The van der Waals surface area contributed by atoms with Crippen molar-refractivity contribution in [1.82, 2.24) is 9.55 Å².